The van der Waals surface area contributed by atoms with Crippen LogP contribution < -0.4 is 5.32 Å². The van der Waals surface area contributed by atoms with Gasteiger partial charge in [-0.2, -0.15) is 0 Å². The summed E-state index contributed by atoms with van der Waals surface area (Å²) < 4.78 is 50.6. The predicted molar refractivity (Wildman–Crippen MR) is 108 cm³/mol. The molecule has 0 saturated heterocycles. The van der Waals surface area contributed by atoms with Crippen molar-refractivity contribution in [1.29, 1.82) is 0 Å². The quantitative estimate of drug-likeness (QED) is 0.550. The smallest absolute Gasteiger partial charge is 0.248 e. The predicted octanol–water partition coefficient (Wildman–Crippen LogP) is 4.37. The second kappa shape index (κ2) is 8.54. The number of alkyl halides is 2. The third-order valence-electron chi connectivity index (χ3n) is 3.69. The Morgan fingerprint density at radius 2 is 1.93 bits per heavy atom. The number of nitrogens with zero attached hydrogens (tertiary/aromatic N) is 1. The van der Waals surface area contributed by atoms with Gasteiger partial charge in [-0.1, -0.05) is 29.5 Å². The molecule has 0 spiro atoms. The van der Waals surface area contributed by atoms with Gasteiger partial charge < -0.3 is 5.32 Å². The summed E-state index contributed by atoms with van der Waals surface area (Å²) in [5.41, 5.74) is 1.98. The van der Waals surface area contributed by atoms with E-state index in [4.69, 9.17) is 0 Å². The molecular weight excluding hydrogens is 426 g/mol. The number of thioether (sulfide) groups is 1. The fourth-order valence-corrected chi connectivity index (χ4v) is 5.39. The lowest BCUT2D eigenvalue weighted by molar-refractivity contribution is -0.113. The molecule has 0 aliphatic heterocycles. The van der Waals surface area contributed by atoms with Crippen molar-refractivity contribution in [3.8, 4) is 0 Å². The first kappa shape index (κ1) is 20.7. The fourth-order valence-electron chi connectivity index (χ4n) is 2.38. The highest BCUT2D eigenvalue weighted by Crippen LogP contribution is 2.32. The number of amides is 1. The molecule has 2 aromatic carbocycles. The maximum atomic E-state index is 12.4. The molecule has 0 saturated carbocycles. The molecule has 1 heterocycles. The highest BCUT2D eigenvalue weighted by Gasteiger charge is 2.19. The highest BCUT2D eigenvalue weighted by atomic mass is 32.2. The maximum absolute atomic E-state index is 12.4. The van der Waals surface area contributed by atoms with Gasteiger partial charge in [0, 0.05) is 5.69 Å². The van der Waals surface area contributed by atoms with Crippen LogP contribution in [-0.4, -0.2) is 37.2 Å². The number of anilines is 1. The minimum atomic E-state index is -3.75. The van der Waals surface area contributed by atoms with E-state index < -0.39 is 27.9 Å². The van der Waals surface area contributed by atoms with E-state index in [0.29, 0.717) is 15.5 Å². The standard InChI is InChI=1S/C18H16F2N2O3S3/c1-11-2-5-13(6-3-11)28(24,25)10-17(23)21-12-4-7-14-15(8-12)27-18(22-14)26-9-16(19)20/h2-8,16H,9-10H2,1H3,(H,21,23). The van der Waals surface area contributed by atoms with Crippen LogP contribution in [0.1, 0.15) is 5.56 Å². The van der Waals surface area contributed by atoms with Crippen molar-refractivity contribution in [3.05, 3.63) is 48.0 Å². The van der Waals surface area contributed by atoms with Crippen molar-refractivity contribution in [2.24, 2.45) is 0 Å². The van der Waals surface area contributed by atoms with Crippen molar-refractivity contribution < 1.29 is 22.0 Å². The Morgan fingerprint density at radius 3 is 2.61 bits per heavy atom. The minimum Gasteiger partial charge on any atom is -0.325 e. The molecule has 0 aliphatic carbocycles. The number of thiazole rings is 1. The molecule has 0 radical (unpaired) electrons. The normalized spacial score (nSPS) is 11.9. The summed E-state index contributed by atoms with van der Waals surface area (Å²) in [5, 5.41) is 2.56. The molecular formula is C18H16F2N2O3S3. The number of hydrogen-bond acceptors (Lipinski definition) is 6. The lowest BCUT2D eigenvalue weighted by atomic mass is 10.2. The van der Waals surface area contributed by atoms with Crippen LogP contribution in [0.2, 0.25) is 0 Å². The number of fused-ring (bicyclic) bond motifs is 1. The van der Waals surface area contributed by atoms with Gasteiger partial charge in [0.05, 0.1) is 20.9 Å². The van der Waals surface area contributed by atoms with E-state index in [1.165, 1.54) is 23.5 Å². The van der Waals surface area contributed by atoms with Crippen LogP contribution >= 0.6 is 23.1 Å². The van der Waals surface area contributed by atoms with Crippen LogP contribution in [-0.2, 0) is 14.6 Å². The van der Waals surface area contributed by atoms with Gasteiger partial charge in [0.2, 0.25) is 12.3 Å². The molecule has 1 aromatic heterocycles. The first-order valence-corrected chi connectivity index (χ1v) is 11.6. The van der Waals surface area contributed by atoms with Gasteiger partial charge in [0.15, 0.2) is 14.2 Å². The third kappa shape index (κ3) is 5.27. The number of hydrogen-bond donors (Lipinski definition) is 1. The molecule has 1 amide bonds. The Bertz CT molecular complexity index is 1100. The van der Waals surface area contributed by atoms with Gasteiger partial charge in [0.25, 0.3) is 0 Å². The van der Waals surface area contributed by atoms with E-state index >= 15 is 0 Å². The summed E-state index contributed by atoms with van der Waals surface area (Å²) in [6.45, 7) is 1.84. The van der Waals surface area contributed by atoms with Crippen LogP contribution in [0.3, 0.4) is 0 Å². The lowest BCUT2D eigenvalue weighted by Gasteiger charge is -2.07. The Balaban J connectivity index is 1.69. The van der Waals surface area contributed by atoms with Crippen molar-refractivity contribution in [2.75, 3.05) is 16.8 Å². The number of rotatable bonds is 7. The zero-order valence-electron chi connectivity index (χ0n) is 14.7. The van der Waals surface area contributed by atoms with E-state index in [-0.39, 0.29) is 10.6 Å². The topological polar surface area (TPSA) is 76.1 Å². The molecule has 0 atom stereocenters. The lowest BCUT2D eigenvalue weighted by Crippen LogP contribution is -2.23. The van der Waals surface area contributed by atoms with Crippen molar-refractivity contribution in [3.63, 3.8) is 0 Å². The van der Waals surface area contributed by atoms with Crippen LogP contribution in [0.5, 0.6) is 0 Å². The van der Waals surface area contributed by atoms with E-state index in [0.717, 1.165) is 22.0 Å². The van der Waals surface area contributed by atoms with Crippen LogP contribution in [0, 0.1) is 6.92 Å². The number of aryl methyl sites for hydroxylation is 1. The summed E-state index contributed by atoms with van der Waals surface area (Å²) in [7, 11) is -3.75. The van der Waals surface area contributed by atoms with Gasteiger partial charge in [-0.05, 0) is 37.3 Å². The van der Waals surface area contributed by atoms with Crippen LogP contribution in [0.4, 0.5) is 14.5 Å². The monoisotopic (exact) mass is 442 g/mol. The Hall–Kier alpha value is -2.04. The number of carbonyl (C=O) groups excluding carboxylic acids is 1. The number of sulfone groups is 1. The molecule has 0 fully saturated rings. The van der Waals surface area contributed by atoms with E-state index in [9.17, 15) is 22.0 Å². The van der Waals surface area contributed by atoms with Gasteiger partial charge in [-0.25, -0.2) is 22.2 Å². The molecule has 1 N–H and O–H groups in total. The fraction of sp³-hybridized carbons (Fsp3) is 0.222. The number of halogens is 2. The van der Waals surface area contributed by atoms with Gasteiger partial charge in [0.1, 0.15) is 5.75 Å². The highest BCUT2D eigenvalue weighted by molar-refractivity contribution is 8.01. The van der Waals surface area contributed by atoms with E-state index in [1.54, 1.807) is 30.3 Å². The average molecular weight is 443 g/mol. The van der Waals surface area contributed by atoms with Gasteiger partial charge in [-0.3, -0.25) is 4.79 Å². The Morgan fingerprint density at radius 1 is 1.21 bits per heavy atom. The minimum absolute atomic E-state index is 0.0897. The molecule has 3 rings (SSSR count). The molecule has 0 unspecified atom stereocenters. The average Bonchev–Trinajstić information content (AvgIpc) is 3.02. The zero-order valence-corrected chi connectivity index (χ0v) is 17.1. The number of benzene rings is 2. The summed E-state index contributed by atoms with van der Waals surface area (Å²) in [6, 6.07) is 11.2. The largest absolute Gasteiger partial charge is 0.325 e. The van der Waals surface area contributed by atoms with Gasteiger partial charge >= 0.3 is 0 Å². The molecule has 28 heavy (non-hydrogen) atoms. The molecule has 5 nitrogen and oxygen atoms in total. The second-order valence-electron chi connectivity index (χ2n) is 5.98. The first-order chi connectivity index (χ1) is 13.2. The van der Waals surface area contributed by atoms with Gasteiger partial charge in [-0.15, -0.1) is 11.3 Å². The van der Waals surface area contributed by atoms with Crippen LogP contribution in [0.15, 0.2) is 51.7 Å². The Kier molecular flexibility index (Phi) is 6.31. The second-order valence-corrected chi connectivity index (χ2v) is 10.3. The molecule has 10 heteroatoms. The summed E-state index contributed by atoms with van der Waals surface area (Å²) >= 11 is 2.21. The van der Waals surface area contributed by atoms with E-state index in [2.05, 4.69) is 10.3 Å². The summed E-state index contributed by atoms with van der Waals surface area (Å²) in [6.07, 6.45) is -2.41. The van der Waals surface area contributed by atoms with Crippen LogP contribution in [0.25, 0.3) is 10.2 Å². The molecule has 3 aromatic rings. The summed E-state index contributed by atoms with van der Waals surface area (Å²) in [4.78, 5) is 16.5. The number of carbonyl (C=O) groups is 1. The number of nitrogens with one attached hydrogen (secondary N) is 1. The third-order valence-corrected chi connectivity index (χ3v) is 7.49. The van der Waals surface area contributed by atoms with Crippen molar-refractivity contribution in [2.45, 2.75) is 22.6 Å². The van der Waals surface area contributed by atoms with E-state index in [1.807, 2.05) is 6.92 Å². The SMILES string of the molecule is Cc1ccc(S(=O)(=O)CC(=O)Nc2ccc3nc(SCC(F)F)sc3c2)cc1. The molecule has 0 aliphatic rings. The summed E-state index contributed by atoms with van der Waals surface area (Å²) in [5.74, 6) is -1.66. The number of aromatic nitrogens is 1. The molecule has 0 bridgehead atoms. The zero-order chi connectivity index (χ0) is 20.3. The van der Waals surface area contributed by atoms with Crippen molar-refractivity contribution >= 4 is 54.7 Å². The van der Waals surface area contributed by atoms with Crippen molar-refractivity contribution in [1.82, 2.24) is 4.98 Å². The molecule has 148 valence electrons. The Labute approximate surface area is 169 Å². The maximum Gasteiger partial charge on any atom is 0.248 e. The first-order valence-electron chi connectivity index (χ1n) is 8.14.